The molecule has 5 aromatic rings. The molecule has 4 aromatic carbocycles. The number of hydrogen-bond acceptors (Lipinski definition) is 10. The molecule has 3 saturated carbocycles. The summed E-state index contributed by atoms with van der Waals surface area (Å²) in [5.41, 5.74) is 2.09. The van der Waals surface area contributed by atoms with E-state index < -0.39 is 25.5 Å². The number of alkyl halides is 1. The number of benzene rings is 4. The van der Waals surface area contributed by atoms with Crippen LogP contribution in [-0.4, -0.2) is 75.9 Å². The van der Waals surface area contributed by atoms with Crippen LogP contribution in [0.5, 0.6) is 11.5 Å². The van der Waals surface area contributed by atoms with Crippen molar-refractivity contribution >= 4 is 92.6 Å². The highest BCUT2D eigenvalue weighted by atomic mass is 35.5. The van der Waals surface area contributed by atoms with Crippen LogP contribution in [0.15, 0.2) is 90.1 Å². The van der Waals surface area contributed by atoms with Gasteiger partial charge in [0.2, 0.25) is 11.8 Å². The van der Waals surface area contributed by atoms with Crippen LogP contribution in [0.2, 0.25) is 0 Å². The minimum atomic E-state index is -2.68. The van der Waals surface area contributed by atoms with Crippen molar-refractivity contribution in [2.24, 2.45) is 10.8 Å². The van der Waals surface area contributed by atoms with E-state index in [1.54, 1.807) is 50.7 Å². The van der Waals surface area contributed by atoms with Gasteiger partial charge < -0.3 is 33.7 Å². The number of carbonyl (C=O) groups is 3. The zero-order valence-electron chi connectivity index (χ0n) is 30.4. The third kappa shape index (κ3) is 6.27. The highest BCUT2D eigenvalue weighted by Gasteiger charge is 2.76. The van der Waals surface area contributed by atoms with Crippen molar-refractivity contribution in [1.82, 2.24) is 9.88 Å². The molecule has 3 heterocycles. The molecule has 0 saturated heterocycles. The second-order valence-electron chi connectivity index (χ2n) is 15.0. The molecule has 0 spiro atoms. The smallest absolute Gasteiger partial charge is 0.415 e. The molecule has 2 aliphatic heterocycles. The number of anilines is 2. The number of rotatable bonds is 11. The highest BCUT2D eigenvalue weighted by molar-refractivity contribution is 8.76. The number of aromatic nitrogens is 1. The molecule has 5 aliphatic rings. The van der Waals surface area contributed by atoms with Crippen LogP contribution in [0.25, 0.3) is 21.5 Å². The van der Waals surface area contributed by atoms with Crippen LogP contribution in [0.4, 0.5) is 16.2 Å². The molecule has 288 valence electrons. The summed E-state index contributed by atoms with van der Waals surface area (Å²) in [5.74, 6) is 1.53. The van der Waals surface area contributed by atoms with Crippen molar-refractivity contribution in [2.45, 2.75) is 36.6 Å². The summed E-state index contributed by atoms with van der Waals surface area (Å²) in [4.78, 5) is 71.1. The van der Waals surface area contributed by atoms with E-state index >= 15 is 0 Å². The van der Waals surface area contributed by atoms with Gasteiger partial charge in [0, 0.05) is 73.3 Å². The van der Waals surface area contributed by atoms with Crippen molar-refractivity contribution in [1.29, 1.82) is 0 Å². The van der Waals surface area contributed by atoms with Crippen LogP contribution < -0.4 is 19.1 Å². The Morgan fingerprint density at radius 2 is 1.54 bits per heavy atom. The van der Waals surface area contributed by atoms with Gasteiger partial charge in [0.15, 0.2) is 0 Å². The largest absolute Gasteiger partial charge is 0.426 e. The molecule has 0 radical (unpaired) electrons. The molecule has 15 heteroatoms. The molecule has 11 nitrogen and oxygen atoms in total. The van der Waals surface area contributed by atoms with Gasteiger partial charge in [0.1, 0.15) is 16.5 Å². The lowest BCUT2D eigenvalue weighted by atomic mass is 9.34. The van der Waals surface area contributed by atoms with Gasteiger partial charge in [-0.25, -0.2) is 9.78 Å². The zero-order valence-corrected chi connectivity index (χ0v) is 33.7. The van der Waals surface area contributed by atoms with Gasteiger partial charge in [-0.15, -0.1) is 11.6 Å². The van der Waals surface area contributed by atoms with Crippen molar-refractivity contribution in [3.8, 4) is 11.5 Å². The van der Waals surface area contributed by atoms with Crippen LogP contribution in [0, 0.1) is 10.8 Å². The Hall–Kier alpha value is -4.10. The van der Waals surface area contributed by atoms with Crippen molar-refractivity contribution in [3.05, 3.63) is 96.2 Å². The van der Waals surface area contributed by atoms with E-state index in [0.717, 1.165) is 43.4 Å². The number of fused-ring (bicyclic) bond motifs is 6. The Balaban J connectivity index is 0.911. The number of nitrogens with zero attached hydrogens (tertiary/aromatic N) is 4. The molecule has 1 atom stereocenters. The summed E-state index contributed by atoms with van der Waals surface area (Å²) >= 11 is 6.49. The fourth-order valence-corrected chi connectivity index (χ4v) is 11.7. The Morgan fingerprint density at radius 1 is 0.893 bits per heavy atom. The third-order valence-corrected chi connectivity index (χ3v) is 14.7. The van der Waals surface area contributed by atoms with E-state index in [-0.39, 0.29) is 17.7 Å². The SMILES string of the molecule is CN(CCSSc1ccccn1)C(=O)Oc1cc2c(c3ccccc13)CCN2C(=O)C12CC(C(=O)N3CC(CCl)c4c3cc(OP(O)O)c3ccccc43)(C1)C2. The molecule has 2 N–H and O–H groups in total. The van der Waals surface area contributed by atoms with Gasteiger partial charge in [-0.1, -0.05) is 65.4 Å². The molecular formula is C41H38ClN4O7PS2. The van der Waals surface area contributed by atoms with Gasteiger partial charge in [0.05, 0.1) is 22.2 Å². The Kier molecular flexibility index (Phi) is 9.83. The molecule has 10 rings (SSSR count). The van der Waals surface area contributed by atoms with Crippen LogP contribution in [-0.2, 0) is 16.0 Å². The molecule has 2 bridgehead atoms. The first kappa shape index (κ1) is 37.5. The van der Waals surface area contributed by atoms with Gasteiger partial charge in [-0.3, -0.25) is 9.59 Å². The maximum atomic E-state index is 14.5. The molecule has 3 fully saturated rings. The highest BCUT2D eigenvalue weighted by Crippen LogP contribution is 2.75. The average molecular weight is 829 g/mol. The van der Waals surface area contributed by atoms with Crippen LogP contribution in [0.3, 0.4) is 0 Å². The lowest BCUT2D eigenvalue weighted by Gasteiger charge is -2.69. The third-order valence-electron chi connectivity index (χ3n) is 11.7. The molecule has 3 aliphatic carbocycles. The first-order valence-electron chi connectivity index (χ1n) is 18.4. The van der Waals surface area contributed by atoms with Crippen molar-refractivity contribution in [2.75, 3.05) is 48.1 Å². The predicted molar refractivity (Wildman–Crippen MR) is 222 cm³/mol. The summed E-state index contributed by atoms with van der Waals surface area (Å²) in [6.45, 7) is 1.38. The summed E-state index contributed by atoms with van der Waals surface area (Å²) in [7, 11) is 2.21. The quantitative estimate of drug-likeness (QED) is 0.0580. The molecule has 1 unspecified atom stereocenters. The number of pyridine rings is 1. The zero-order chi connectivity index (χ0) is 38.8. The predicted octanol–water partition coefficient (Wildman–Crippen LogP) is 8.28. The molecule has 3 amide bonds. The number of amides is 3. The van der Waals surface area contributed by atoms with E-state index in [1.165, 1.54) is 0 Å². The van der Waals surface area contributed by atoms with E-state index in [9.17, 15) is 24.2 Å². The van der Waals surface area contributed by atoms with E-state index in [4.69, 9.17) is 20.9 Å². The molecular weight excluding hydrogens is 791 g/mol. The summed E-state index contributed by atoms with van der Waals surface area (Å²) in [5, 5.41) is 4.24. The number of hydrogen-bond donors (Lipinski definition) is 2. The van der Waals surface area contributed by atoms with E-state index in [2.05, 4.69) is 4.98 Å². The summed E-state index contributed by atoms with van der Waals surface area (Å²) in [6.07, 6.45) is 3.31. The standard InChI is InChI=1S/C41H38ClN4O7PS2/c1-44(16-17-55-56-35-12-6-7-14-43-35)39(49)52-33-18-31-27(26-8-2-3-9-28(26)33)13-15-45(31)37(47)40-22-41(23-40,24-40)38(48)46-21-25(20-42)36-30-11-5-4-10-29(30)34(19-32(36)46)53-54(50)51/h2-12,14,18-19,25,50-51H,13,15-17,20-24H2,1H3. The number of halogens is 1. The first-order valence-corrected chi connectivity index (χ1v) is 22.4. The maximum Gasteiger partial charge on any atom is 0.415 e. The number of carbonyl (C=O) groups excluding carboxylic acids is 3. The lowest BCUT2D eigenvalue weighted by Crippen LogP contribution is -2.72. The average Bonchev–Trinajstić information content (AvgIpc) is 3.77. The van der Waals surface area contributed by atoms with Gasteiger partial charge in [-0.05, 0) is 70.5 Å². The Bertz CT molecular complexity index is 2390. The molecule has 1 aromatic heterocycles. The second kappa shape index (κ2) is 14.7. The monoisotopic (exact) mass is 828 g/mol. The van der Waals surface area contributed by atoms with Crippen molar-refractivity contribution < 1.29 is 33.4 Å². The summed E-state index contributed by atoms with van der Waals surface area (Å²) < 4.78 is 11.5. The van der Waals surface area contributed by atoms with E-state index in [0.29, 0.717) is 74.1 Å². The fraction of sp³-hybridized carbons (Fsp3) is 0.317. The lowest BCUT2D eigenvalue weighted by molar-refractivity contribution is -0.204. The van der Waals surface area contributed by atoms with Gasteiger partial charge >= 0.3 is 14.7 Å². The second-order valence-corrected chi connectivity index (χ2v) is 18.5. The minimum Gasteiger partial charge on any atom is -0.426 e. The Labute approximate surface area is 337 Å². The number of ether oxygens (including phenoxy) is 1. The van der Waals surface area contributed by atoms with Gasteiger partial charge in [-0.2, -0.15) is 0 Å². The fourth-order valence-electron chi connectivity index (χ4n) is 9.18. The van der Waals surface area contributed by atoms with E-state index in [1.807, 2.05) is 77.7 Å². The van der Waals surface area contributed by atoms with Gasteiger partial charge in [0.25, 0.3) is 0 Å². The minimum absolute atomic E-state index is 0.000541. The maximum absolute atomic E-state index is 14.5. The first-order chi connectivity index (χ1) is 27.1. The van der Waals surface area contributed by atoms with Crippen molar-refractivity contribution in [3.63, 3.8) is 0 Å². The Morgan fingerprint density at radius 3 is 2.21 bits per heavy atom. The van der Waals surface area contributed by atoms with Crippen LogP contribution >= 0.6 is 41.8 Å². The van der Waals surface area contributed by atoms with Crippen LogP contribution in [0.1, 0.15) is 36.3 Å². The normalized spacial score (nSPS) is 21.8. The molecule has 56 heavy (non-hydrogen) atoms. The summed E-state index contributed by atoms with van der Waals surface area (Å²) in [6, 6.07) is 24.7. The topological polar surface area (TPSA) is 133 Å².